The number of likely N-dealkylation sites (tertiary alicyclic amines) is 1. The Morgan fingerprint density at radius 1 is 1.25 bits per heavy atom. The minimum Gasteiger partial charge on any atom is -0.350 e. The number of amides is 3. The number of hydrogen-bond acceptors (Lipinski definition) is 4. The Balaban J connectivity index is 1.44. The standard InChI is InChI=1S/C21H28N4O2S/c1-3-15(2)23-21(27)25-11-9-16(10-12-25)19(26)22-13-18-14-28-20(24-18)17-7-5-4-6-8-17/h4-8,14-16H,3,9-13H2,1-2H3,(H,22,26)(H,23,27). The lowest BCUT2D eigenvalue weighted by Crippen LogP contribution is -2.48. The summed E-state index contributed by atoms with van der Waals surface area (Å²) in [6.07, 6.45) is 2.31. The van der Waals surface area contributed by atoms with Crippen molar-refractivity contribution in [1.29, 1.82) is 0 Å². The van der Waals surface area contributed by atoms with E-state index in [0.29, 0.717) is 32.5 Å². The van der Waals surface area contributed by atoms with Crippen molar-refractivity contribution in [3.05, 3.63) is 41.4 Å². The van der Waals surface area contributed by atoms with Crippen molar-refractivity contribution in [1.82, 2.24) is 20.5 Å². The zero-order valence-electron chi connectivity index (χ0n) is 16.5. The Morgan fingerprint density at radius 2 is 1.96 bits per heavy atom. The highest BCUT2D eigenvalue weighted by Gasteiger charge is 2.27. The molecule has 1 aliphatic heterocycles. The first-order valence-electron chi connectivity index (χ1n) is 9.89. The van der Waals surface area contributed by atoms with Gasteiger partial charge in [0.05, 0.1) is 12.2 Å². The summed E-state index contributed by atoms with van der Waals surface area (Å²) in [7, 11) is 0. The van der Waals surface area contributed by atoms with Gasteiger partial charge in [0.15, 0.2) is 0 Å². The van der Waals surface area contributed by atoms with Gasteiger partial charge in [-0.1, -0.05) is 37.3 Å². The average Bonchev–Trinajstić information content (AvgIpc) is 3.21. The number of nitrogens with zero attached hydrogens (tertiary/aromatic N) is 2. The zero-order valence-corrected chi connectivity index (χ0v) is 17.3. The molecule has 7 heteroatoms. The first-order valence-corrected chi connectivity index (χ1v) is 10.8. The molecule has 2 heterocycles. The van der Waals surface area contributed by atoms with Gasteiger partial charge in [-0.3, -0.25) is 4.79 Å². The molecule has 2 aromatic rings. The van der Waals surface area contributed by atoms with Gasteiger partial charge in [0.2, 0.25) is 5.91 Å². The van der Waals surface area contributed by atoms with Gasteiger partial charge in [-0.15, -0.1) is 11.3 Å². The minimum atomic E-state index is -0.0418. The molecule has 2 N–H and O–H groups in total. The Kier molecular flexibility index (Phi) is 7.03. The summed E-state index contributed by atoms with van der Waals surface area (Å²) in [4.78, 5) is 31.1. The Bertz CT molecular complexity index is 785. The third kappa shape index (κ3) is 5.32. The van der Waals surface area contributed by atoms with Crippen molar-refractivity contribution in [3.63, 3.8) is 0 Å². The maximum atomic E-state index is 12.5. The lowest BCUT2D eigenvalue weighted by atomic mass is 9.96. The maximum Gasteiger partial charge on any atom is 0.317 e. The number of rotatable bonds is 6. The fraction of sp³-hybridized carbons (Fsp3) is 0.476. The monoisotopic (exact) mass is 400 g/mol. The third-order valence-electron chi connectivity index (χ3n) is 5.15. The van der Waals surface area contributed by atoms with Gasteiger partial charge in [0.25, 0.3) is 0 Å². The van der Waals surface area contributed by atoms with Crippen LogP contribution in [0.2, 0.25) is 0 Å². The predicted octanol–water partition coefficient (Wildman–Crippen LogP) is 3.65. The molecule has 1 aromatic carbocycles. The van der Waals surface area contributed by atoms with Crippen LogP contribution in [0.15, 0.2) is 35.7 Å². The number of carbonyl (C=O) groups excluding carboxylic acids is 2. The predicted molar refractivity (Wildman–Crippen MR) is 112 cm³/mol. The number of piperidine rings is 1. The quantitative estimate of drug-likeness (QED) is 0.777. The Labute approximate surface area is 170 Å². The number of aromatic nitrogens is 1. The normalized spacial score (nSPS) is 15.9. The molecule has 0 saturated carbocycles. The van der Waals surface area contributed by atoms with Gasteiger partial charge >= 0.3 is 6.03 Å². The van der Waals surface area contributed by atoms with E-state index in [-0.39, 0.29) is 23.9 Å². The van der Waals surface area contributed by atoms with Gasteiger partial charge < -0.3 is 15.5 Å². The van der Waals surface area contributed by atoms with Crippen LogP contribution in [0.1, 0.15) is 38.8 Å². The molecule has 0 bridgehead atoms. The van der Waals surface area contributed by atoms with Crippen LogP contribution in [0.4, 0.5) is 4.79 Å². The second kappa shape index (κ2) is 9.68. The van der Waals surface area contributed by atoms with Crippen LogP contribution in [0.25, 0.3) is 10.6 Å². The molecule has 1 atom stereocenters. The van der Waals surface area contributed by atoms with Crippen LogP contribution in [-0.4, -0.2) is 41.0 Å². The zero-order chi connectivity index (χ0) is 19.9. The summed E-state index contributed by atoms with van der Waals surface area (Å²) in [5.74, 6) is 0.0103. The van der Waals surface area contributed by atoms with E-state index in [1.807, 2.05) is 54.5 Å². The minimum absolute atomic E-state index is 0.0240. The van der Waals surface area contributed by atoms with Crippen LogP contribution < -0.4 is 10.6 Å². The van der Waals surface area contributed by atoms with E-state index in [9.17, 15) is 9.59 Å². The van der Waals surface area contributed by atoms with E-state index >= 15 is 0 Å². The molecule has 3 amide bonds. The van der Waals surface area contributed by atoms with Crippen molar-refractivity contribution in [2.45, 2.75) is 45.7 Å². The first kappa shape index (κ1) is 20.3. The highest BCUT2D eigenvalue weighted by atomic mass is 32.1. The van der Waals surface area contributed by atoms with E-state index in [4.69, 9.17) is 0 Å². The molecule has 0 aliphatic carbocycles. The van der Waals surface area contributed by atoms with Crippen molar-refractivity contribution >= 4 is 23.3 Å². The van der Waals surface area contributed by atoms with Gasteiger partial charge in [0.1, 0.15) is 5.01 Å². The van der Waals surface area contributed by atoms with Gasteiger partial charge in [-0.05, 0) is 26.2 Å². The summed E-state index contributed by atoms with van der Waals surface area (Å²) >= 11 is 1.59. The molecule has 150 valence electrons. The topological polar surface area (TPSA) is 74.3 Å². The Morgan fingerprint density at radius 3 is 2.64 bits per heavy atom. The van der Waals surface area contributed by atoms with Gasteiger partial charge in [0, 0.05) is 36.0 Å². The largest absolute Gasteiger partial charge is 0.350 e. The molecular formula is C21H28N4O2S. The summed E-state index contributed by atoms with van der Waals surface area (Å²) in [5, 5.41) is 8.94. The second-order valence-electron chi connectivity index (χ2n) is 7.25. The highest BCUT2D eigenvalue weighted by molar-refractivity contribution is 7.13. The van der Waals surface area contributed by atoms with E-state index in [2.05, 4.69) is 15.6 Å². The van der Waals surface area contributed by atoms with Crippen molar-refractivity contribution < 1.29 is 9.59 Å². The smallest absolute Gasteiger partial charge is 0.317 e. The number of nitrogens with one attached hydrogen (secondary N) is 2. The van der Waals surface area contributed by atoms with Gasteiger partial charge in [-0.2, -0.15) is 0 Å². The number of benzene rings is 1. The van der Waals surface area contributed by atoms with Crippen LogP contribution in [0.3, 0.4) is 0 Å². The number of thiazole rings is 1. The molecule has 0 spiro atoms. The van der Waals surface area contributed by atoms with E-state index in [1.54, 1.807) is 11.3 Å². The molecule has 28 heavy (non-hydrogen) atoms. The van der Waals surface area contributed by atoms with Crippen LogP contribution >= 0.6 is 11.3 Å². The molecule has 6 nitrogen and oxygen atoms in total. The fourth-order valence-electron chi connectivity index (χ4n) is 3.17. The molecule has 1 aliphatic rings. The average molecular weight is 401 g/mol. The summed E-state index contributed by atoms with van der Waals surface area (Å²) in [6.45, 7) is 5.73. The van der Waals surface area contributed by atoms with Crippen LogP contribution in [-0.2, 0) is 11.3 Å². The van der Waals surface area contributed by atoms with E-state index < -0.39 is 0 Å². The molecule has 1 fully saturated rings. The molecule has 1 aromatic heterocycles. The molecular weight excluding hydrogens is 372 g/mol. The highest BCUT2D eigenvalue weighted by Crippen LogP contribution is 2.23. The fourth-order valence-corrected chi connectivity index (χ4v) is 4.00. The first-order chi connectivity index (χ1) is 13.6. The van der Waals surface area contributed by atoms with Gasteiger partial charge in [-0.25, -0.2) is 9.78 Å². The van der Waals surface area contributed by atoms with Crippen molar-refractivity contribution in [3.8, 4) is 10.6 Å². The van der Waals surface area contributed by atoms with Crippen LogP contribution in [0, 0.1) is 5.92 Å². The molecule has 1 saturated heterocycles. The second-order valence-corrected chi connectivity index (χ2v) is 8.11. The lowest BCUT2D eigenvalue weighted by Gasteiger charge is -2.32. The molecule has 0 radical (unpaired) electrons. The molecule has 1 unspecified atom stereocenters. The summed E-state index contributed by atoms with van der Waals surface area (Å²) < 4.78 is 0. The number of hydrogen-bond donors (Lipinski definition) is 2. The maximum absolute atomic E-state index is 12.5. The summed E-state index contributed by atoms with van der Waals surface area (Å²) in [5.41, 5.74) is 1.97. The van der Waals surface area contributed by atoms with Crippen molar-refractivity contribution in [2.75, 3.05) is 13.1 Å². The van der Waals surface area contributed by atoms with Crippen LogP contribution in [0.5, 0.6) is 0 Å². The van der Waals surface area contributed by atoms with Crippen molar-refractivity contribution in [2.24, 2.45) is 5.92 Å². The van der Waals surface area contributed by atoms with E-state index in [0.717, 1.165) is 22.7 Å². The molecule has 3 rings (SSSR count). The number of urea groups is 1. The van der Waals surface area contributed by atoms with E-state index in [1.165, 1.54) is 0 Å². The summed E-state index contributed by atoms with van der Waals surface area (Å²) in [6, 6.07) is 10.2. The number of carbonyl (C=O) groups is 2. The Hall–Kier alpha value is -2.41. The lowest BCUT2D eigenvalue weighted by molar-refractivity contribution is -0.126. The third-order valence-corrected chi connectivity index (χ3v) is 6.09. The SMILES string of the molecule is CCC(C)NC(=O)N1CCC(C(=O)NCc2csc(-c3ccccc3)n2)CC1.